The number of carboxylic acid groups (broad SMARTS) is 1. The molecule has 0 radical (unpaired) electrons. The van der Waals surface area contributed by atoms with Gasteiger partial charge in [0.2, 0.25) is 0 Å². The lowest BCUT2D eigenvalue weighted by Gasteiger charge is -2.28. The van der Waals surface area contributed by atoms with Gasteiger partial charge in [-0.15, -0.1) is 0 Å². The molecule has 1 heterocycles. The first kappa shape index (κ1) is 15.1. The molecule has 0 bridgehead atoms. The highest BCUT2D eigenvalue weighted by Gasteiger charge is 2.45. The predicted octanol–water partition coefficient (Wildman–Crippen LogP) is 3.77. The maximum Gasteiger partial charge on any atom is 0.314 e. The quantitative estimate of drug-likeness (QED) is 0.923. The van der Waals surface area contributed by atoms with Gasteiger partial charge < -0.3 is 14.6 Å². The van der Waals surface area contributed by atoms with Crippen molar-refractivity contribution in [3.8, 4) is 11.5 Å². The second-order valence-corrected chi connectivity index (χ2v) is 6.15. The SMILES string of the molecule is CC(F)c1cc2c(cc1C1(C(=O)O)CCCC1)OCCCO2. The van der Waals surface area contributed by atoms with Crippen LogP contribution in [-0.2, 0) is 10.2 Å². The van der Waals surface area contributed by atoms with E-state index in [-0.39, 0.29) is 0 Å². The molecule has 2 aliphatic rings. The smallest absolute Gasteiger partial charge is 0.314 e. The van der Waals surface area contributed by atoms with E-state index in [1.165, 1.54) is 6.92 Å². The molecule has 1 aliphatic carbocycles. The molecule has 0 saturated heterocycles. The van der Waals surface area contributed by atoms with Crippen LogP contribution in [0.3, 0.4) is 0 Å². The molecule has 1 aromatic carbocycles. The number of hydrogen-bond acceptors (Lipinski definition) is 3. The molecule has 0 spiro atoms. The summed E-state index contributed by atoms with van der Waals surface area (Å²) in [6.45, 7) is 2.49. The Bertz CT molecular complexity index is 576. The van der Waals surface area contributed by atoms with Crippen molar-refractivity contribution in [3.63, 3.8) is 0 Å². The van der Waals surface area contributed by atoms with Gasteiger partial charge in [0, 0.05) is 6.42 Å². The number of benzene rings is 1. The Balaban J connectivity index is 2.16. The summed E-state index contributed by atoms with van der Waals surface area (Å²) in [7, 11) is 0. The van der Waals surface area contributed by atoms with Gasteiger partial charge in [0.15, 0.2) is 11.5 Å². The minimum atomic E-state index is -1.25. The lowest BCUT2D eigenvalue weighted by molar-refractivity contribution is -0.143. The molecule has 3 rings (SSSR count). The number of carboxylic acids is 1. The number of aliphatic carboxylic acids is 1. The summed E-state index contributed by atoms with van der Waals surface area (Å²) in [5, 5.41) is 9.79. The van der Waals surface area contributed by atoms with Crippen molar-refractivity contribution in [2.45, 2.75) is 50.6 Å². The molecule has 0 amide bonds. The van der Waals surface area contributed by atoms with Gasteiger partial charge in [-0.2, -0.15) is 0 Å². The third-order valence-corrected chi connectivity index (χ3v) is 4.73. The first-order chi connectivity index (χ1) is 10.5. The molecule has 1 fully saturated rings. The van der Waals surface area contributed by atoms with Crippen molar-refractivity contribution < 1.29 is 23.8 Å². The molecular weight excluding hydrogens is 287 g/mol. The fraction of sp³-hybridized carbons (Fsp3) is 0.588. The minimum Gasteiger partial charge on any atom is -0.490 e. The Kier molecular flexibility index (Phi) is 3.98. The Morgan fingerprint density at radius 3 is 2.32 bits per heavy atom. The standard InChI is InChI=1S/C17H21FO4/c1-11(18)12-9-14-15(22-8-4-7-21-14)10-13(12)17(16(19)20)5-2-3-6-17/h9-11H,2-8H2,1H3,(H,19,20). The van der Waals surface area contributed by atoms with Crippen molar-refractivity contribution in [1.82, 2.24) is 0 Å². The maximum absolute atomic E-state index is 14.2. The summed E-state index contributed by atoms with van der Waals surface area (Å²) in [5.41, 5.74) is -0.0364. The lowest BCUT2D eigenvalue weighted by Crippen LogP contribution is -2.34. The Hall–Kier alpha value is -1.78. The van der Waals surface area contributed by atoms with Crippen LogP contribution in [0.1, 0.15) is 56.3 Å². The average molecular weight is 308 g/mol. The highest BCUT2D eigenvalue weighted by Crippen LogP contribution is 2.47. The topological polar surface area (TPSA) is 55.8 Å². The zero-order valence-corrected chi connectivity index (χ0v) is 12.7. The van der Waals surface area contributed by atoms with Crippen LogP contribution in [-0.4, -0.2) is 24.3 Å². The van der Waals surface area contributed by atoms with Crippen molar-refractivity contribution >= 4 is 5.97 Å². The summed E-state index contributed by atoms with van der Waals surface area (Å²) in [6.07, 6.45) is 2.30. The summed E-state index contributed by atoms with van der Waals surface area (Å²) in [5.74, 6) is 0.171. The number of alkyl halides is 1. The van der Waals surface area contributed by atoms with E-state index in [9.17, 15) is 14.3 Å². The maximum atomic E-state index is 14.2. The van der Waals surface area contributed by atoms with Crippen molar-refractivity contribution in [3.05, 3.63) is 23.3 Å². The number of rotatable bonds is 3. The zero-order valence-electron chi connectivity index (χ0n) is 12.7. The normalized spacial score (nSPS) is 21.2. The summed E-state index contributed by atoms with van der Waals surface area (Å²) in [4.78, 5) is 11.9. The predicted molar refractivity (Wildman–Crippen MR) is 79.4 cm³/mol. The van der Waals surface area contributed by atoms with Gasteiger partial charge in [0.05, 0.1) is 18.6 Å². The molecule has 1 aliphatic heterocycles. The zero-order chi connectivity index (χ0) is 15.7. The van der Waals surface area contributed by atoms with E-state index in [0.717, 1.165) is 19.3 Å². The van der Waals surface area contributed by atoms with Gasteiger partial charge >= 0.3 is 5.97 Å². The first-order valence-corrected chi connectivity index (χ1v) is 7.86. The summed E-state index contributed by atoms with van der Waals surface area (Å²) >= 11 is 0. The van der Waals surface area contributed by atoms with E-state index in [0.29, 0.717) is 48.7 Å². The van der Waals surface area contributed by atoms with Crippen LogP contribution in [0.2, 0.25) is 0 Å². The largest absolute Gasteiger partial charge is 0.490 e. The molecule has 1 N–H and O–H groups in total. The molecule has 4 nitrogen and oxygen atoms in total. The molecule has 22 heavy (non-hydrogen) atoms. The van der Waals surface area contributed by atoms with Crippen LogP contribution in [0.5, 0.6) is 11.5 Å². The lowest BCUT2D eigenvalue weighted by atomic mass is 9.75. The fourth-order valence-corrected chi connectivity index (χ4v) is 3.54. The summed E-state index contributed by atoms with van der Waals surface area (Å²) in [6, 6.07) is 3.33. The monoisotopic (exact) mass is 308 g/mol. The highest BCUT2D eigenvalue weighted by atomic mass is 19.1. The van der Waals surface area contributed by atoms with Crippen LogP contribution >= 0.6 is 0 Å². The first-order valence-electron chi connectivity index (χ1n) is 7.86. The molecule has 120 valence electrons. The molecule has 1 saturated carbocycles. The van der Waals surface area contributed by atoms with Gasteiger partial charge in [-0.25, -0.2) is 4.39 Å². The number of ether oxygens (including phenoxy) is 2. The number of carbonyl (C=O) groups is 1. The van der Waals surface area contributed by atoms with E-state index < -0.39 is 17.6 Å². The van der Waals surface area contributed by atoms with Crippen LogP contribution in [0.15, 0.2) is 12.1 Å². The molecule has 5 heteroatoms. The van der Waals surface area contributed by atoms with Gasteiger partial charge in [0.1, 0.15) is 6.17 Å². The van der Waals surface area contributed by atoms with Crippen molar-refractivity contribution in [2.75, 3.05) is 13.2 Å². The van der Waals surface area contributed by atoms with Gasteiger partial charge in [-0.1, -0.05) is 12.8 Å². The summed E-state index contributed by atoms with van der Waals surface area (Å²) < 4.78 is 25.4. The van der Waals surface area contributed by atoms with Gasteiger partial charge in [-0.3, -0.25) is 4.79 Å². The van der Waals surface area contributed by atoms with Crippen molar-refractivity contribution in [2.24, 2.45) is 0 Å². The van der Waals surface area contributed by atoms with E-state index in [1.54, 1.807) is 12.1 Å². The van der Waals surface area contributed by atoms with Crippen molar-refractivity contribution in [1.29, 1.82) is 0 Å². The van der Waals surface area contributed by atoms with Crippen LogP contribution in [0.4, 0.5) is 4.39 Å². The van der Waals surface area contributed by atoms with Crippen LogP contribution in [0, 0.1) is 0 Å². The molecule has 0 aromatic heterocycles. The van der Waals surface area contributed by atoms with E-state index in [4.69, 9.17) is 9.47 Å². The molecule has 1 unspecified atom stereocenters. The number of halogens is 1. The Morgan fingerprint density at radius 2 is 1.77 bits per heavy atom. The molecule has 1 aromatic rings. The highest BCUT2D eigenvalue weighted by molar-refractivity contribution is 5.83. The van der Waals surface area contributed by atoms with Crippen LogP contribution in [0.25, 0.3) is 0 Å². The average Bonchev–Trinajstić information content (AvgIpc) is 2.87. The second kappa shape index (κ2) is 5.78. The Labute approximate surface area is 129 Å². The van der Waals surface area contributed by atoms with E-state index in [2.05, 4.69) is 0 Å². The van der Waals surface area contributed by atoms with E-state index >= 15 is 0 Å². The fourth-order valence-electron chi connectivity index (χ4n) is 3.54. The third kappa shape index (κ3) is 2.42. The Morgan fingerprint density at radius 1 is 1.18 bits per heavy atom. The van der Waals surface area contributed by atoms with Crippen LogP contribution < -0.4 is 9.47 Å². The number of hydrogen-bond donors (Lipinski definition) is 1. The minimum absolute atomic E-state index is 0.411. The van der Waals surface area contributed by atoms with E-state index in [1.807, 2.05) is 0 Å². The molecule has 1 atom stereocenters. The van der Waals surface area contributed by atoms with Gasteiger partial charge in [0.25, 0.3) is 0 Å². The number of fused-ring (bicyclic) bond motifs is 1. The second-order valence-electron chi connectivity index (χ2n) is 6.15. The third-order valence-electron chi connectivity index (χ3n) is 4.73. The molecular formula is C17H21FO4. The van der Waals surface area contributed by atoms with Gasteiger partial charge in [-0.05, 0) is 43.0 Å².